The van der Waals surface area contributed by atoms with Crippen LogP contribution in [0.4, 0.5) is 28.4 Å². The van der Waals surface area contributed by atoms with E-state index >= 15 is 0 Å². The third-order valence-electron chi connectivity index (χ3n) is 13.7. The minimum absolute atomic E-state index is 0.0101. The molecule has 1 aliphatic carbocycles. The van der Waals surface area contributed by atoms with E-state index in [2.05, 4.69) is 215 Å². The van der Waals surface area contributed by atoms with Gasteiger partial charge in [0.05, 0.1) is 39.8 Å². The molecule has 5 nitrogen and oxygen atoms in total. The van der Waals surface area contributed by atoms with E-state index in [0.717, 1.165) is 88.5 Å². The first-order valence-electron chi connectivity index (χ1n) is 23.5. The minimum atomic E-state index is -0.618. The average molecular weight is 855 g/mol. The van der Waals surface area contributed by atoms with Gasteiger partial charge in [-0.3, -0.25) is 4.79 Å². The van der Waals surface area contributed by atoms with Crippen molar-refractivity contribution < 1.29 is 9.53 Å². The number of esters is 1. The fourth-order valence-electron chi connectivity index (χ4n) is 10.2. The SMILES string of the molecule is Cc1cc(C)c(Nc2ccc([C+](c3ccc(Nc4c(C)cc(C)cc4C)cc3)c3ccc(NC4CCCCC4OC(=O)C(C)(CC(C)(C)C)C(C)(C)C)c4ccccc34)cc2)c(C)c1. The molecule has 6 aromatic carbocycles. The number of anilines is 5. The standard InChI is InChI=1S/C59H72N3O2/c1-37-32-39(3)54(40(4)33-37)60-45-26-22-43(23-27-45)53(44-24-28-46(29-25-44)61-55-41(5)34-38(2)35-42(55)6)49-30-31-50(48-19-15-14-18-47(48)49)62-51-20-16-17-21-52(51)64-56(63)59(13,58(10,11)12)36-57(7,8)9/h14-15,18-19,22-35,51-52,60-62H,16-17,20-21,36H2,1-13H3/q+1. The van der Waals surface area contributed by atoms with Crippen LogP contribution in [0.25, 0.3) is 10.8 Å². The lowest BCUT2D eigenvalue weighted by molar-refractivity contribution is -0.172. The van der Waals surface area contributed by atoms with Gasteiger partial charge in [0.25, 0.3) is 0 Å². The van der Waals surface area contributed by atoms with E-state index in [1.807, 2.05) is 0 Å². The van der Waals surface area contributed by atoms with E-state index in [1.54, 1.807) is 0 Å². The molecule has 64 heavy (non-hydrogen) atoms. The van der Waals surface area contributed by atoms with E-state index in [9.17, 15) is 4.79 Å². The number of rotatable bonds is 12. The van der Waals surface area contributed by atoms with Crippen LogP contribution in [0.5, 0.6) is 0 Å². The summed E-state index contributed by atoms with van der Waals surface area (Å²) in [4.78, 5) is 14.3. The van der Waals surface area contributed by atoms with Gasteiger partial charge in [-0.15, -0.1) is 0 Å². The maximum Gasteiger partial charge on any atom is 0.312 e. The van der Waals surface area contributed by atoms with Crippen LogP contribution in [-0.2, 0) is 9.53 Å². The van der Waals surface area contributed by atoms with Gasteiger partial charge in [0.15, 0.2) is 0 Å². The fourth-order valence-corrected chi connectivity index (χ4v) is 10.2. The molecule has 5 heteroatoms. The van der Waals surface area contributed by atoms with Gasteiger partial charge in [-0.2, -0.15) is 0 Å². The molecule has 3 unspecified atom stereocenters. The van der Waals surface area contributed by atoms with E-state index in [4.69, 9.17) is 4.74 Å². The lowest BCUT2D eigenvalue weighted by Gasteiger charge is -2.45. The molecule has 3 atom stereocenters. The number of ether oxygens (including phenoxy) is 1. The van der Waals surface area contributed by atoms with Crippen LogP contribution in [0.3, 0.4) is 0 Å². The molecule has 6 aromatic rings. The molecule has 0 aromatic heterocycles. The van der Waals surface area contributed by atoms with Crippen LogP contribution >= 0.6 is 0 Å². The second-order valence-electron chi connectivity index (χ2n) is 21.3. The lowest BCUT2D eigenvalue weighted by Crippen LogP contribution is -2.48. The maximum atomic E-state index is 14.3. The Hall–Kier alpha value is -5.68. The summed E-state index contributed by atoms with van der Waals surface area (Å²) in [5, 5.41) is 13.7. The Bertz CT molecular complexity index is 2460. The normalized spacial score (nSPS) is 16.5. The summed E-state index contributed by atoms with van der Waals surface area (Å²) in [5.41, 5.74) is 15.5. The highest BCUT2D eigenvalue weighted by Crippen LogP contribution is 2.48. The number of carbonyl (C=O) groups is 1. The Morgan fingerprint density at radius 1 is 0.609 bits per heavy atom. The van der Waals surface area contributed by atoms with Crippen molar-refractivity contribution in [2.24, 2.45) is 16.2 Å². The molecule has 1 fully saturated rings. The predicted octanol–water partition coefficient (Wildman–Crippen LogP) is 16.0. The van der Waals surface area contributed by atoms with Gasteiger partial charge in [0.1, 0.15) is 6.10 Å². The van der Waals surface area contributed by atoms with Crippen molar-refractivity contribution in [2.45, 2.75) is 134 Å². The molecule has 0 aliphatic heterocycles. The molecular weight excluding hydrogens is 783 g/mol. The van der Waals surface area contributed by atoms with Gasteiger partial charge in [-0.25, -0.2) is 0 Å². The molecule has 0 saturated heterocycles. The number of hydrogen-bond donors (Lipinski definition) is 3. The molecule has 0 radical (unpaired) electrons. The first-order chi connectivity index (χ1) is 30.2. The first-order valence-corrected chi connectivity index (χ1v) is 23.5. The molecule has 334 valence electrons. The van der Waals surface area contributed by atoms with Gasteiger partial charge >= 0.3 is 5.97 Å². The second-order valence-corrected chi connectivity index (χ2v) is 21.3. The Kier molecular flexibility index (Phi) is 13.3. The van der Waals surface area contributed by atoms with Crippen LogP contribution in [0.2, 0.25) is 0 Å². The van der Waals surface area contributed by atoms with Crippen molar-refractivity contribution in [3.8, 4) is 0 Å². The Balaban J connectivity index is 1.24. The summed E-state index contributed by atoms with van der Waals surface area (Å²) in [6.07, 6.45) is 4.50. The van der Waals surface area contributed by atoms with Crippen molar-refractivity contribution in [3.05, 3.63) is 165 Å². The number of benzene rings is 6. The number of nitrogens with one attached hydrogen (secondary N) is 3. The Morgan fingerprint density at radius 3 is 1.55 bits per heavy atom. The van der Waals surface area contributed by atoms with Crippen molar-refractivity contribution in [1.82, 2.24) is 0 Å². The second kappa shape index (κ2) is 18.4. The molecule has 0 bridgehead atoms. The highest BCUT2D eigenvalue weighted by molar-refractivity contribution is 5.98. The zero-order valence-electron chi connectivity index (χ0n) is 40.9. The smallest absolute Gasteiger partial charge is 0.312 e. The van der Waals surface area contributed by atoms with Crippen molar-refractivity contribution in [1.29, 1.82) is 0 Å². The highest BCUT2D eigenvalue weighted by atomic mass is 16.5. The monoisotopic (exact) mass is 855 g/mol. The van der Waals surface area contributed by atoms with E-state index in [1.165, 1.54) is 38.8 Å². The van der Waals surface area contributed by atoms with Crippen LogP contribution in [0, 0.1) is 63.7 Å². The molecular formula is C59H72N3O2+. The Morgan fingerprint density at radius 2 is 1.08 bits per heavy atom. The van der Waals surface area contributed by atoms with Gasteiger partial charge in [-0.05, 0) is 180 Å². The van der Waals surface area contributed by atoms with E-state index < -0.39 is 5.41 Å². The van der Waals surface area contributed by atoms with Gasteiger partial charge in [0.2, 0.25) is 0 Å². The molecule has 7 rings (SSSR count). The fraction of sp³-hybridized carbons (Fsp3) is 0.390. The van der Waals surface area contributed by atoms with Crippen LogP contribution in [0.1, 0.15) is 131 Å². The molecule has 0 heterocycles. The molecule has 3 N–H and O–H groups in total. The quantitative estimate of drug-likeness (QED) is 0.0650. The van der Waals surface area contributed by atoms with Gasteiger partial charge < -0.3 is 20.7 Å². The minimum Gasteiger partial charge on any atom is -0.460 e. The third-order valence-corrected chi connectivity index (χ3v) is 13.7. The summed E-state index contributed by atoms with van der Waals surface area (Å²) in [7, 11) is 0. The van der Waals surface area contributed by atoms with Crippen molar-refractivity contribution in [2.75, 3.05) is 16.0 Å². The zero-order chi connectivity index (χ0) is 46.1. The first kappa shape index (κ1) is 46.3. The van der Waals surface area contributed by atoms with Crippen molar-refractivity contribution in [3.63, 3.8) is 0 Å². The molecule has 1 saturated carbocycles. The summed E-state index contributed by atoms with van der Waals surface area (Å²) in [6, 6.07) is 40.0. The largest absolute Gasteiger partial charge is 0.460 e. The summed E-state index contributed by atoms with van der Waals surface area (Å²) < 4.78 is 6.62. The summed E-state index contributed by atoms with van der Waals surface area (Å²) in [5.74, 6) is 1.08. The average Bonchev–Trinajstić information content (AvgIpc) is 3.22. The number of carbonyl (C=O) groups excluding carboxylic acids is 1. The van der Waals surface area contributed by atoms with E-state index in [-0.39, 0.29) is 28.9 Å². The Labute approximate surface area is 384 Å². The molecule has 0 spiro atoms. The maximum absolute atomic E-state index is 14.3. The van der Waals surface area contributed by atoms with E-state index in [0.29, 0.717) is 0 Å². The van der Waals surface area contributed by atoms with Crippen molar-refractivity contribution >= 4 is 45.2 Å². The van der Waals surface area contributed by atoms with Crippen LogP contribution < -0.4 is 16.0 Å². The van der Waals surface area contributed by atoms with Gasteiger partial charge in [0, 0.05) is 33.5 Å². The third kappa shape index (κ3) is 10.1. The summed E-state index contributed by atoms with van der Waals surface area (Å²) >= 11 is 0. The lowest BCUT2D eigenvalue weighted by atomic mass is 9.61. The molecule has 1 aliphatic rings. The predicted molar refractivity (Wildman–Crippen MR) is 273 cm³/mol. The number of fused-ring (bicyclic) bond motifs is 1. The number of hydrogen-bond acceptors (Lipinski definition) is 5. The van der Waals surface area contributed by atoms with Crippen LogP contribution in [-0.4, -0.2) is 18.1 Å². The van der Waals surface area contributed by atoms with Crippen LogP contribution in [0.15, 0.2) is 109 Å². The highest BCUT2D eigenvalue weighted by Gasteiger charge is 2.49. The zero-order valence-corrected chi connectivity index (χ0v) is 40.9. The summed E-state index contributed by atoms with van der Waals surface area (Å²) in [6.45, 7) is 28.3. The number of aryl methyl sites for hydroxylation is 6. The molecule has 0 amide bonds. The topological polar surface area (TPSA) is 62.4 Å². The van der Waals surface area contributed by atoms with Gasteiger partial charge in [-0.1, -0.05) is 95.5 Å².